The van der Waals surface area contributed by atoms with Gasteiger partial charge in [-0.05, 0) is 37.0 Å². The number of ether oxygens (including phenoxy) is 1. The average Bonchev–Trinajstić information content (AvgIpc) is 2.06. The van der Waals surface area contributed by atoms with E-state index in [-0.39, 0.29) is 0 Å². The van der Waals surface area contributed by atoms with E-state index in [9.17, 15) is 0 Å². The minimum Gasteiger partial charge on any atom is -0.381 e. The molecule has 1 rings (SSSR count). The van der Waals surface area contributed by atoms with Gasteiger partial charge in [-0.3, -0.25) is 0 Å². The van der Waals surface area contributed by atoms with Crippen LogP contribution in [-0.4, -0.2) is 13.2 Å². The Balaban J connectivity index is 2.20. The largest absolute Gasteiger partial charge is 0.381 e. The maximum absolute atomic E-state index is 5.46. The standard InChI is InChI=1S/C11H22O/c1-9(2)10(3)7-11-5-4-6-12-8-11/h9-11H,4-8H2,1-3H3. The zero-order chi connectivity index (χ0) is 8.97. The van der Waals surface area contributed by atoms with Crippen LogP contribution in [0.4, 0.5) is 0 Å². The molecule has 0 saturated carbocycles. The van der Waals surface area contributed by atoms with Crippen LogP contribution in [0, 0.1) is 17.8 Å². The highest BCUT2D eigenvalue weighted by molar-refractivity contribution is 4.68. The topological polar surface area (TPSA) is 9.23 Å². The lowest BCUT2D eigenvalue weighted by Crippen LogP contribution is -2.21. The monoisotopic (exact) mass is 170 g/mol. The Labute approximate surface area is 76.5 Å². The molecule has 2 unspecified atom stereocenters. The molecule has 2 atom stereocenters. The van der Waals surface area contributed by atoms with Crippen molar-refractivity contribution in [3.8, 4) is 0 Å². The number of hydrogen-bond donors (Lipinski definition) is 0. The molecule has 0 amide bonds. The van der Waals surface area contributed by atoms with Crippen molar-refractivity contribution in [3.63, 3.8) is 0 Å². The molecule has 0 aliphatic carbocycles. The van der Waals surface area contributed by atoms with E-state index in [1.54, 1.807) is 0 Å². The second kappa shape index (κ2) is 4.86. The molecule has 1 aliphatic heterocycles. The fourth-order valence-electron chi connectivity index (χ4n) is 1.79. The Hall–Kier alpha value is -0.0400. The second-order valence-corrected chi connectivity index (χ2v) is 4.54. The molecule has 1 heterocycles. The first kappa shape index (κ1) is 10.0. The molecule has 0 aromatic heterocycles. The van der Waals surface area contributed by atoms with Crippen LogP contribution in [0.1, 0.15) is 40.0 Å². The van der Waals surface area contributed by atoms with Crippen molar-refractivity contribution in [1.82, 2.24) is 0 Å². The summed E-state index contributed by atoms with van der Waals surface area (Å²) in [6.45, 7) is 8.99. The van der Waals surface area contributed by atoms with Crippen LogP contribution in [0.2, 0.25) is 0 Å². The SMILES string of the molecule is CC(C)C(C)CC1CCCOC1. The molecule has 1 fully saturated rings. The highest BCUT2D eigenvalue weighted by Gasteiger charge is 2.18. The Kier molecular flexibility index (Phi) is 4.07. The third-order valence-electron chi connectivity index (χ3n) is 3.10. The van der Waals surface area contributed by atoms with Gasteiger partial charge in [0.2, 0.25) is 0 Å². The van der Waals surface area contributed by atoms with Crippen LogP contribution < -0.4 is 0 Å². The van der Waals surface area contributed by atoms with E-state index in [4.69, 9.17) is 4.74 Å². The normalized spacial score (nSPS) is 27.5. The van der Waals surface area contributed by atoms with E-state index in [1.807, 2.05) is 0 Å². The summed E-state index contributed by atoms with van der Waals surface area (Å²) in [4.78, 5) is 0. The van der Waals surface area contributed by atoms with Gasteiger partial charge in [-0.25, -0.2) is 0 Å². The molecule has 1 heteroatoms. The third-order valence-corrected chi connectivity index (χ3v) is 3.10. The van der Waals surface area contributed by atoms with Crippen LogP contribution in [-0.2, 0) is 4.74 Å². The van der Waals surface area contributed by atoms with Gasteiger partial charge in [0.05, 0.1) is 0 Å². The molecule has 72 valence electrons. The minimum atomic E-state index is 0.826. The average molecular weight is 170 g/mol. The Bertz CT molecular complexity index is 114. The molecule has 0 radical (unpaired) electrons. The Morgan fingerprint density at radius 1 is 1.33 bits per heavy atom. The highest BCUT2D eigenvalue weighted by Crippen LogP contribution is 2.25. The van der Waals surface area contributed by atoms with Crippen LogP contribution in [0.5, 0.6) is 0 Å². The highest BCUT2D eigenvalue weighted by atomic mass is 16.5. The Morgan fingerprint density at radius 3 is 2.58 bits per heavy atom. The van der Waals surface area contributed by atoms with Gasteiger partial charge >= 0.3 is 0 Å². The summed E-state index contributed by atoms with van der Waals surface area (Å²) in [5.41, 5.74) is 0. The number of hydrogen-bond acceptors (Lipinski definition) is 1. The van der Waals surface area contributed by atoms with E-state index in [0.29, 0.717) is 0 Å². The van der Waals surface area contributed by atoms with E-state index < -0.39 is 0 Å². The lowest BCUT2D eigenvalue weighted by atomic mass is 9.85. The summed E-state index contributed by atoms with van der Waals surface area (Å²) in [5, 5.41) is 0. The van der Waals surface area contributed by atoms with Gasteiger partial charge in [-0.2, -0.15) is 0 Å². The molecular formula is C11H22O. The molecule has 1 aliphatic rings. The Morgan fingerprint density at radius 2 is 2.08 bits per heavy atom. The summed E-state index contributed by atoms with van der Waals surface area (Å²) < 4.78 is 5.46. The van der Waals surface area contributed by atoms with Crippen molar-refractivity contribution >= 4 is 0 Å². The first-order chi connectivity index (χ1) is 5.70. The summed E-state index contributed by atoms with van der Waals surface area (Å²) in [7, 11) is 0. The lowest BCUT2D eigenvalue weighted by molar-refractivity contribution is 0.0433. The van der Waals surface area contributed by atoms with Gasteiger partial charge < -0.3 is 4.74 Å². The maximum atomic E-state index is 5.46. The van der Waals surface area contributed by atoms with Crippen molar-refractivity contribution < 1.29 is 4.74 Å². The van der Waals surface area contributed by atoms with E-state index in [2.05, 4.69) is 20.8 Å². The molecular weight excluding hydrogens is 148 g/mol. The predicted octanol–water partition coefficient (Wildman–Crippen LogP) is 3.10. The van der Waals surface area contributed by atoms with Gasteiger partial charge in [0, 0.05) is 13.2 Å². The first-order valence-corrected chi connectivity index (χ1v) is 5.28. The van der Waals surface area contributed by atoms with Crippen molar-refractivity contribution in [3.05, 3.63) is 0 Å². The van der Waals surface area contributed by atoms with Crippen LogP contribution in [0.15, 0.2) is 0 Å². The predicted molar refractivity (Wildman–Crippen MR) is 52.2 cm³/mol. The summed E-state index contributed by atoms with van der Waals surface area (Å²) >= 11 is 0. The summed E-state index contributed by atoms with van der Waals surface area (Å²) in [5.74, 6) is 2.53. The van der Waals surface area contributed by atoms with Gasteiger partial charge in [-0.1, -0.05) is 20.8 Å². The minimum absolute atomic E-state index is 0.826. The van der Waals surface area contributed by atoms with E-state index >= 15 is 0 Å². The zero-order valence-corrected chi connectivity index (χ0v) is 8.68. The lowest BCUT2D eigenvalue weighted by Gasteiger charge is -2.26. The van der Waals surface area contributed by atoms with Crippen molar-refractivity contribution in [2.24, 2.45) is 17.8 Å². The van der Waals surface area contributed by atoms with Gasteiger partial charge in [0.25, 0.3) is 0 Å². The van der Waals surface area contributed by atoms with Crippen molar-refractivity contribution in [1.29, 1.82) is 0 Å². The zero-order valence-electron chi connectivity index (χ0n) is 8.68. The molecule has 1 nitrogen and oxygen atoms in total. The van der Waals surface area contributed by atoms with Crippen molar-refractivity contribution in [2.75, 3.05) is 13.2 Å². The van der Waals surface area contributed by atoms with E-state index in [1.165, 1.54) is 19.3 Å². The van der Waals surface area contributed by atoms with Gasteiger partial charge in [-0.15, -0.1) is 0 Å². The molecule has 0 aromatic rings. The second-order valence-electron chi connectivity index (χ2n) is 4.54. The van der Waals surface area contributed by atoms with Crippen molar-refractivity contribution in [2.45, 2.75) is 40.0 Å². The summed E-state index contributed by atoms with van der Waals surface area (Å²) in [6, 6.07) is 0. The van der Waals surface area contributed by atoms with Crippen LogP contribution in [0.3, 0.4) is 0 Å². The third kappa shape index (κ3) is 3.14. The van der Waals surface area contributed by atoms with Gasteiger partial charge in [0.1, 0.15) is 0 Å². The fraction of sp³-hybridized carbons (Fsp3) is 1.00. The van der Waals surface area contributed by atoms with E-state index in [0.717, 1.165) is 31.0 Å². The van der Waals surface area contributed by atoms with Crippen LogP contribution in [0.25, 0.3) is 0 Å². The van der Waals surface area contributed by atoms with Crippen LogP contribution >= 0.6 is 0 Å². The molecule has 0 N–H and O–H groups in total. The fourth-order valence-corrected chi connectivity index (χ4v) is 1.79. The molecule has 0 spiro atoms. The maximum Gasteiger partial charge on any atom is 0.0494 e. The smallest absolute Gasteiger partial charge is 0.0494 e. The molecule has 12 heavy (non-hydrogen) atoms. The first-order valence-electron chi connectivity index (χ1n) is 5.28. The molecule has 0 aromatic carbocycles. The summed E-state index contributed by atoms with van der Waals surface area (Å²) in [6.07, 6.45) is 4.02. The molecule has 1 saturated heterocycles. The van der Waals surface area contributed by atoms with Gasteiger partial charge in [0.15, 0.2) is 0 Å². The molecule has 0 bridgehead atoms. The quantitative estimate of drug-likeness (QED) is 0.632. The number of rotatable bonds is 3.